The van der Waals surface area contributed by atoms with E-state index in [1.54, 1.807) is 0 Å². The van der Waals surface area contributed by atoms with Crippen molar-refractivity contribution in [3.63, 3.8) is 0 Å². The molecule has 0 radical (unpaired) electrons. The van der Waals surface area contributed by atoms with Crippen molar-refractivity contribution in [2.24, 2.45) is 0 Å². The van der Waals surface area contributed by atoms with Gasteiger partial charge in [0.15, 0.2) is 11.5 Å². The van der Waals surface area contributed by atoms with Crippen molar-refractivity contribution < 1.29 is 14.3 Å². The van der Waals surface area contributed by atoms with Crippen molar-refractivity contribution in [2.75, 3.05) is 25.5 Å². The summed E-state index contributed by atoms with van der Waals surface area (Å²) >= 11 is 1.84. The predicted molar refractivity (Wildman–Crippen MR) is 93.1 cm³/mol. The molecule has 1 unspecified atom stereocenters. The van der Waals surface area contributed by atoms with E-state index in [1.165, 1.54) is 12.8 Å². The minimum Gasteiger partial charge on any atom is -0.486 e. The highest BCUT2D eigenvalue weighted by atomic mass is 32.2. The highest BCUT2D eigenvalue weighted by Gasteiger charge is 2.31. The van der Waals surface area contributed by atoms with Crippen LogP contribution in [0.3, 0.4) is 0 Å². The molecule has 1 amide bonds. The third-order valence-corrected chi connectivity index (χ3v) is 5.57. The molecule has 1 saturated heterocycles. The van der Waals surface area contributed by atoms with E-state index >= 15 is 0 Å². The minimum atomic E-state index is 0.115. The molecule has 23 heavy (non-hydrogen) atoms. The van der Waals surface area contributed by atoms with E-state index in [4.69, 9.17) is 9.47 Å². The maximum atomic E-state index is 12.5. The van der Waals surface area contributed by atoms with Crippen molar-refractivity contribution in [1.82, 2.24) is 4.90 Å². The predicted octanol–water partition coefficient (Wildman–Crippen LogP) is 4.00. The number of thioether (sulfide) groups is 1. The van der Waals surface area contributed by atoms with Gasteiger partial charge in [0.25, 0.3) is 0 Å². The fourth-order valence-corrected chi connectivity index (χ4v) is 4.33. The normalized spacial score (nSPS) is 19.9. The Morgan fingerprint density at radius 3 is 2.87 bits per heavy atom. The van der Waals surface area contributed by atoms with Gasteiger partial charge in [-0.15, -0.1) is 11.8 Å². The second-order valence-corrected chi connectivity index (χ2v) is 7.21. The molecular weight excluding hydrogens is 310 g/mol. The monoisotopic (exact) mass is 335 g/mol. The lowest BCUT2D eigenvalue weighted by Gasteiger charge is -2.26. The van der Waals surface area contributed by atoms with Gasteiger partial charge in [-0.25, -0.2) is 0 Å². The number of unbranched alkanes of at least 4 members (excludes halogenated alkanes) is 3. The summed E-state index contributed by atoms with van der Waals surface area (Å²) in [5.74, 6) is 2.89. The second kappa shape index (κ2) is 7.95. The lowest BCUT2D eigenvalue weighted by Crippen LogP contribution is -2.30. The number of nitrogens with zero attached hydrogens (tertiary/aromatic N) is 1. The Morgan fingerprint density at radius 1 is 1.22 bits per heavy atom. The highest BCUT2D eigenvalue weighted by molar-refractivity contribution is 7.99. The molecule has 0 N–H and O–H groups in total. The summed E-state index contributed by atoms with van der Waals surface area (Å²) in [7, 11) is 0. The zero-order chi connectivity index (χ0) is 16.1. The maximum Gasteiger partial charge on any atom is 0.223 e. The van der Waals surface area contributed by atoms with Crippen LogP contribution in [0, 0.1) is 0 Å². The summed E-state index contributed by atoms with van der Waals surface area (Å²) in [6.45, 7) is 4.23. The number of rotatable bonds is 6. The third kappa shape index (κ3) is 3.94. The van der Waals surface area contributed by atoms with Gasteiger partial charge in [0.05, 0.1) is 0 Å². The fraction of sp³-hybridized carbons (Fsp3) is 0.611. The van der Waals surface area contributed by atoms with Crippen LogP contribution in [0.15, 0.2) is 18.2 Å². The summed E-state index contributed by atoms with van der Waals surface area (Å²) in [6.07, 6.45) is 5.24. The van der Waals surface area contributed by atoms with E-state index in [0.29, 0.717) is 19.6 Å². The molecule has 2 aliphatic rings. The fourth-order valence-electron chi connectivity index (χ4n) is 3.06. The Labute approximate surface area is 142 Å². The zero-order valence-corrected chi connectivity index (χ0v) is 14.6. The lowest BCUT2D eigenvalue weighted by atomic mass is 10.1. The number of fused-ring (bicyclic) bond motifs is 1. The first-order valence-corrected chi connectivity index (χ1v) is 9.65. The van der Waals surface area contributed by atoms with Crippen LogP contribution in [0.25, 0.3) is 0 Å². The molecule has 4 nitrogen and oxygen atoms in total. The van der Waals surface area contributed by atoms with Gasteiger partial charge in [0.1, 0.15) is 18.6 Å². The molecule has 126 valence electrons. The standard InChI is InChI=1S/C18H25NO3S/c1-2-3-4-5-6-17(20)19-9-12-23-18(19)14-7-8-15-16(13-14)22-11-10-21-15/h7-8,13,18H,2-6,9-12H2,1H3. The van der Waals surface area contributed by atoms with Crippen molar-refractivity contribution in [3.8, 4) is 11.5 Å². The molecule has 0 aromatic heterocycles. The van der Waals surface area contributed by atoms with Crippen molar-refractivity contribution in [1.29, 1.82) is 0 Å². The van der Waals surface area contributed by atoms with E-state index in [-0.39, 0.29) is 11.3 Å². The molecule has 0 spiro atoms. The van der Waals surface area contributed by atoms with Crippen LogP contribution in [0.5, 0.6) is 11.5 Å². The van der Waals surface area contributed by atoms with Gasteiger partial charge in [0.2, 0.25) is 5.91 Å². The van der Waals surface area contributed by atoms with Gasteiger partial charge < -0.3 is 14.4 Å². The average molecular weight is 335 g/mol. The summed E-state index contributed by atoms with van der Waals surface area (Å²) in [6, 6.07) is 6.06. The molecule has 2 heterocycles. The number of hydrogen-bond donors (Lipinski definition) is 0. The van der Waals surface area contributed by atoms with Gasteiger partial charge in [-0.05, 0) is 24.1 Å². The number of benzene rings is 1. The van der Waals surface area contributed by atoms with Gasteiger partial charge >= 0.3 is 0 Å². The van der Waals surface area contributed by atoms with Crippen LogP contribution in [-0.4, -0.2) is 36.3 Å². The van der Waals surface area contributed by atoms with Crippen LogP contribution >= 0.6 is 11.8 Å². The van der Waals surface area contributed by atoms with Gasteiger partial charge in [0, 0.05) is 18.7 Å². The molecule has 1 fully saturated rings. The topological polar surface area (TPSA) is 38.8 Å². The number of hydrogen-bond acceptors (Lipinski definition) is 4. The SMILES string of the molecule is CCCCCCC(=O)N1CCSC1c1ccc2c(c1)OCCO2. The van der Waals surface area contributed by atoms with Crippen LogP contribution in [0.2, 0.25) is 0 Å². The summed E-state index contributed by atoms with van der Waals surface area (Å²) in [5.41, 5.74) is 1.14. The van der Waals surface area contributed by atoms with E-state index in [1.807, 2.05) is 28.8 Å². The molecule has 3 rings (SSSR count). The zero-order valence-electron chi connectivity index (χ0n) is 13.8. The molecule has 1 aromatic carbocycles. The van der Waals surface area contributed by atoms with Crippen LogP contribution in [0.1, 0.15) is 50.0 Å². The van der Waals surface area contributed by atoms with E-state index < -0.39 is 0 Å². The number of ether oxygens (including phenoxy) is 2. The van der Waals surface area contributed by atoms with Crippen LogP contribution in [-0.2, 0) is 4.79 Å². The van der Waals surface area contributed by atoms with Crippen LogP contribution in [0.4, 0.5) is 0 Å². The summed E-state index contributed by atoms with van der Waals surface area (Å²) in [4.78, 5) is 14.6. The van der Waals surface area contributed by atoms with Crippen molar-refractivity contribution in [2.45, 2.75) is 44.4 Å². The number of carbonyl (C=O) groups excluding carboxylic acids is 1. The second-order valence-electron chi connectivity index (χ2n) is 6.02. The molecule has 0 bridgehead atoms. The first-order chi connectivity index (χ1) is 11.3. The Bertz CT molecular complexity index is 549. The number of amides is 1. The summed E-state index contributed by atoms with van der Waals surface area (Å²) in [5, 5.41) is 0.115. The largest absolute Gasteiger partial charge is 0.486 e. The van der Waals surface area contributed by atoms with Crippen molar-refractivity contribution >= 4 is 17.7 Å². The molecule has 1 aromatic rings. The summed E-state index contributed by atoms with van der Waals surface area (Å²) < 4.78 is 11.3. The Morgan fingerprint density at radius 2 is 2.04 bits per heavy atom. The Balaban J connectivity index is 1.65. The Hall–Kier alpha value is -1.36. The highest BCUT2D eigenvalue weighted by Crippen LogP contribution is 2.42. The number of carbonyl (C=O) groups is 1. The van der Waals surface area contributed by atoms with Crippen molar-refractivity contribution in [3.05, 3.63) is 23.8 Å². The first kappa shape index (κ1) is 16.5. The smallest absolute Gasteiger partial charge is 0.223 e. The van der Waals surface area contributed by atoms with E-state index in [9.17, 15) is 4.79 Å². The molecule has 5 heteroatoms. The Kier molecular flexibility index (Phi) is 5.70. The molecule has 2 aliphatic heterocycles. The van der Waals surface area contributed by atoms with Gasteiger partial charge in [-0.2, -0.15) is 0 Å². The lowest BCUT2D eigenvalue weighted by molar-refractivity contribution is -0.131. The molecule has 1 atom stereocenters. The van der Waals surface area contributed by atoms with Gasteiger partial charge in [-0.1, -0.05) is 32.3 Å². The third-order valence-electron chi connectivity index (χ3n) is 4.31. The quantitative estimate of drug-likeness (QED) is 0.737. The molecule has 0 aliphatic carbocycles. The molecule has 0 saturated carbocycles. The molecular formula is C18H25NO3S. The van der Waals surface area contributed by atoms with Crippen LogP contribution < -0.4 is 9.47 Å². The van der Waals surface area contributed by atoms with E-state index in [0.717, 1.165) is 42.2 Å². The van der Waals surface area contributed by atoms with E-state index in [2.05, 4.69) is 13.0 Å². The van der Waals surface area contributed by atoms with Gasteiger partial charge in [-0.3, -0.25) is 4.79 Å². The maximum absolute atomic E-state index is 12.5. The minimum absolute atomic E-state index is 0.115. The first-order valence-electron chi connectivity index (χ1n) is 8.60. The average Bonchev–Trinajstić information content (AvgIpc) is 3.08.